The molecule has 2 atom stereocenters. The zero-order chi connectivity index (χ0) is 22.9. The van der Waals surface area contributed by atoms with Crippen LogP contribution in [0, 0.1) is 5.41 Å². The van der Waals surface area contributed by atoms with Crippen LogP contribution in [0.2, 0.25) is 0 Å². The van der Waals surface area contributed by atoms with Gasteiger partial charge < -0.3 is 14.8 Å². The molecular weight excluding hydrogens is 388 g/mol. The molecule has 2 heterocycles. The van der Waals surface area contributed by atoms with Gasteiger partial charge in [0.2, 0.25) is 0 Å². The van der Waals surface area contributed by atoms with Crippen molar-refractivity contribution in [2.24, 2.45) is 5.41 Å². The second kappa shape index (κ2) is 8.78. The van der Waals surface area contributed by atoms with Crippen LogP contribution in [0.5, 0.6) is 0 Å². The second-order valence-electron chi connectivity index (χ2n) is 11.0. The Bertz CT molecular complexity index is 932. The molecule has 1 aliphatic heterocycles. The van der Waals surface area contributed by atoms with Crippen molar-refractivity contribution in [3.63, 3.8) is 0 Å². The van der Waals surface area contributed by atoms with E-state index >= 15 is 0 Å². The topological polar surface area (TPSA) is 60.5 Å². The maximum absolute atomic E-state index is 12.1. The molecule has 170 valence electrons. The molecule has 1 N–H and O–H groups in total. The molecule has 0 aliphatic carbocycles. The normalized spacial score (nSPS) is 22.2. The summed E-state index contributed by atoms with van der Waals surface area (Å²) in [6, 6.07) is 10.3. The zero-order valence-corrected chi connectivity index (χ0v) is 20.2. The summed E-state index contributed by atoms with van der Waals surface area (Å²) in [7, 11) is 0. The van der Waals surface area contributed by atoms with Gasteiger partial charge in [0.1, 0.15) is 5.60 Å². The van der Waals surface area contributed by atoms with E-state index in [0.29, 0.717) is 5.41 Å². The molecule has 1 aromatic heterocycles. The Labute approximate surface area is 186 Å². The summed E-state index contributed by atoms with van der Waals surface area (Å²) in [6.45, 7) is 15.1. The molecule has 1 aromatic carbocycles. The Morgan fingerprint density at radius 3 is 2.61 bits per heavy atom. The third kappa shape index (κ3) is 6.67. The van der Waals surface area contributed by atoms with Gasteiger partial charge in [-0.2, -0.15) is 0 Å². The molecule has 5 nitrogen and oxygen atoms in total. The number of nitrogens with one attached hydrogen (secondary N) is 1. The van der Waals surface area contributed by atoms with E-state index in [0.717, 1.165) is 48.9 Å². The quantitative estimate of drug-likeness (QED) is 0.605. The van der Waals surface area contributed by atoms with Gasteiger partial charge in [-0.05, 0) is 90.3 Å². The van der Waals surface area contributed by atoms with Crippen molar-refractivity contribution in [3.8, 4) is 0 Å². The average Bonchev–Trinajstić information content (AvgIpc) is 2.63. The lowest BCUT2D eigenvalue weighted by molar-refractivity contribution is -0.101. The highest BCUT2D eigenvalue weighted by molar-refractivity contribution is 5.79. The number of ether oxygens (including phenoxy) is 2. The van der Waals surface area contributed by atoms with Crippen LogP contribution in [-0.2, 0) is 15.9 Å². The fraction of sp³-hybridized carbons (Fsp3) is 0.615. The van der Waals surface area contributed by atoms with Crippen molar-refractivity contribution in [3.05, 3.63) is 41.6 Å². The molecule has 0 bridgehead atoms. The Morgan fingerprint density at radius 1 is 1.23 bits per heavy atom. The van der Waals surface area contributed by atoms with E-state index in [1.54, 1.807) is 0 Å². The van der Waals surface area contributed by atoms with Gasteiger partial charge in [-0.3, -0.25) is 4.98 Å². The summed E-state index contributed by atoms with van der Waals surface area (Å²) < 4.78 is 11.3. The number of carbonyl (C=O) groups excluding carboxylic acids is 1. The van der Waals surface area contributed by atoms with Crippen LogP contribution in [-0.4, -0.2) is 28.9 Å². The maximum Gasteiger partial charge on any atom is 0.408 e. The van der Waals surface area contributed by atoms with Crippen LogP contribution in [0.4, 0.5) is 4.79 Å². The predicted octanol–water partition coefficient (Wildman–Crippen LogP) is 6.35. The first-order valence-corrected chi connectivity index (χ1v) is 11.4. The van der Waals surface area contributed by atoms with Gasteiger partial charge >= 0.3 is 6.09 Å². The summed E-state index contributed by atoms with van der Waals surface area (Å²) >= 11 is 0. The lowest BCUT2D eigenvalue weighted by Gasteiger charge is -2.43. The van der Waals surface area contributed by atoms with E-state index in [9.17, 15) is 4.79 Å². The van der Waals surface area contributed by atoms with Crippen molar-refractivity contribution in [2.45, 2.75) is 91.4 Å². The summed E-state index contributed by atoms with van der Waals surface area (Å²) in [5.74, 6) is 0. The molecule has 31 heavy (non-hydrogen) atoms. The molecule has 0 radical (unpaired) electrons. The molecule has 1 unspecified atom stereocenters. The van der Waals surface area contributed by atoms with Crippen molar-refractivity contribution in [1.82, 2.24) is 10.3 Å². The molecule has 5 heteroatoms. The van der Waals surface area contributed by atoms with E-state index in [1.807, 2.05) is 33.8 Å². The second-order valence-corrected chi connectivity index (χ2v) is 11.0. The first kappa shape index (κ1) is 23.5. The van der Waals surface area contributed by atoms with E-state index in [1.165, 1.54) is 5.56 Å². The van der Waals surface area contributed by atoms with Crippen LogP contribution in [0.1, 0.15) is 85.0 Å². The molecule has 1 aliphatic rings. The van der Waals surface area contributed by atoms with Crippen LogP contribution in [0.3, 0.4) is 0 Å². The van der Waals surface area contributed by atoms with E-state index in [4.69, 9.17) is 14.5 Å². The lowest BCUT2D eigenvalue weighted by atomic mass is 9.72. The van der Waals surface area contributed by atoms with Gasteiger partial charge in [0.25, 0.3) is 0 Å². The van der Waals surface area contributed by atoms with Gasteiger partial charge in [-0.15, -0.1) is 0 Å². The van der Waals surface area contributed by atoms with Crippen LogP contribution < -0.4 is 5.32 Å². The minimum atomic E-state index is -0.522. The molecular formula is C26H38N2O3. The monoisotopic (exact) mass is 426 g/mol. The number of fused-ring (bicyclic) bond motifs is 1. The Balaban J connectivity index is 1.69. The summed E-state index contributed by atoms with van der Waals surface area (Å²) in [6.07, 6.45) is 3.94. The molecule has 2 aromatic rings. The molecule has 3 rings (SSSR count). The molecule has 1 amide bonds. The summed E-state index contributed by atoms with van der Waals surface area (Å²) in [4.78, 5) is 16.9. The first-order chi connectivity index (χ1) is 14.3. The highest BCUT2D eigenvalue weighted by Crippen LogP contribution is 2.41. The summed E-state index contributed by atoms with van der Waals surface area (Å²) in [5.41, 5.74) is 2.84. The number of benzene rings is 1. The van der Waals surface area contributed by atoms with E-state index < -0.39 is 11.7 Å². The standard InChI is InChI=1S/C26H38N2O3/c1-18(27-23(29)31-24(2,3)4)21-11-10-20-9-8-19(16-22(20)28-21)12-13-26(7)14-15-30-25(5,6)17-26/h8-11,16,18H,12-15,17H2,1-7H3,(H,27,29)/t18-,26?/m1/s1. The van der Waals surface area contributed by atoms with E-state index in [-0.39, 0.29) is 11.6 Å². The van der Waals surface area contributed by atoms with Crippen LogP contribution >= 0.6 is 0 Å². The number of nitrogens with zero attached hydrogens (tertiary/aromatic N) is 1. The number of carbonyl (C=O) groups is 1. The highest BCUT2D eigenvalue weighted by atomic mass is 16.6. The average molecular weight is 427 g/mol. The van der Waals surface area contributed by atoms with Gasteiger partial charge in [0, 0.05) is 12.0 Å². The number of rotatable bonds is 5. The van der Waals surface area contributed by atoms with Crippen molar-refractivity contribution < 1.29 is 14.3 Å². The minimum Gasteiger partial charge on any atom is -0.444 e. The van der Waals surface area contributed by atoms with Crippen LogP contribution in [0.15, 0.2) is 30.3 Å². The summed E-state index contributed by atoms with van der Waals surface area (Å²) in [5, 5.41) is 3.98. The van der Waals surface area contributed by atoms with Crippen LogP contribution in [0.25, 0.3) is 10.9 Å². The van der Waals surface area contributed by atoms with Gasteiger partial charge in [0.15, 0.2) is 0 Å². The largest absolute Gasteiger partial charge is 0.444 e. The van der Waals surface area contributed by atoms with Crippen molar-refractivity contribution in [2.75, 3.05) is 6.61 Å². The van der Waals surface area contributed by atoms with Gasteiger partial charge in [-0.25, -0.2) is 4.79 Å². The van der Waals surface area contributed by atoms with Crippen molar-refractivity contribution >= 4 is 17.0 Å². The number of amides is 1. The minimum absolute atomic E-state index is 0.0376. The maximum atomic E-state index is 12.1. The SMILES string of the molecule is C[C@@H](NC(=O)OC(C)(C)C)c1ccc2ccc(CCC3(C)CCOC(C)(C)C3)cc2n1. The van der Waals surface area contributed by atoms with Gasteiger partial charge in [0.05, 0.1) is 22.9 Å². The fourth-order valence-electron chi connectivity index (χ4n) is 4.53. The van der Waals surface area contributed by atoms with Crippen molar-refractivity contribution in [1.29, 1.82) is 0 Å². The third-order valence-electron chi connectivity index (χ3n) is 6.02. The third-order valence-corrected chi connectivity index (χ3v) is 6.02. The molecule has 1 fully saturated rings. The number of aryl methyl sites for hydroxylation is 1. The molecule has 0 spiro atoms. The number of alkyl carbamates (subject to hydrolysis) is 1. The number of hydrogen-bond acceptors (Lipinski definition) is 4. The smallest absolute Gasteiger partial charge is 0.408 e. The highest BCUT2D eigenvalue weighted by Gasteiger charge is 2.36. The zero-order valence-electron chi connectivity index (χ0n) is 20.2. The number of hydrogen-bond donors (Lipinski definition) is 1. The molecule has 0 saturated carbocycles. The fourth-order valence-corrected chi connectivity index (χ4v) is 4.53. The van der Waals surface area contributed by atoms with E-state index in [2.05, 4.69) is 50.4 Å². The Hall–Kier alpha value is -2.14. The lowest BCUT2D eigenvalue weighted by Crippen LogP contribution is -2.39. The van der Waals surface area contributed by atoms with Gasteiger partial charge in [-0.1, -0.05) is 25.1 Å². The Morgan fingerprint density at radius 2 is 1.94 bits per heavy atom. The Kier molecular flexibility index (Phi) is 6.66. The molecule has 1 saturated heterocycles. The first-order valence-electron chi connectivity index (χ1n) is 11.4. The predicted molar refractivity (Wildman–Crippen MR) is 125 cm³/mol. The number of aromatic nitrogens is 1. The number of pyridine rings is 1.